The molecule has 0 saturated heterocycles. The van der Waals surface area contributed by atoms with Crippen LogP contribution in [0.5, 0.6) is 0 Å². The van der Waals surface area contributed by atoms with E-state index in [2.05, 4.69) is 50.0 Å². The molecule has 1 aliphatic rings. The topological polar surface area (TPSA) is 85.6 Å². The van der Waals surface area contributed by atoms with Crippen LogP contribution in [0.15, 0.2) is 29.3 Å². The first-order valence-electron chi connectivity index (χ1n) is 10.2. The predicted molar refractivity (Wildman–Crippen MR) is 113 cm³/mol. The van der Waals surface area contributed by atoms with Gasteiger partial charge in [-0.1, -0.05) is 24.3 Å². The first-order valence-corrected chi connectivity index (χ1v) is 10.2. The second-order valence-corrected chi connectivity index (χ2v) is 7.54. The van der Waals surface area contributed by atoms with Crippen molar-refractivity contribution < 1.29 is 9.47 Å². The molecule has 1 aromatic carbocycles. The number of ether oxygens (including phenoxy) is 2. The monoisotopic (exact) mass is 400 g/mol. The van der Waals surface area contributed by atoms with E-state index in [1.54, 1.807) is 14.2 Å². The summed E-state index contributed by atoms with van der Waals surface area (Å²) in [6.45, 7) is 6.65. The van der Waals surface area contributed by atoms with Crippen LogP contribution >= 0.6 is 0 Å². The van der Waals surface area contributed by atoms with Crippen LogP contribution in [0.4, 0.5) is 0 Å². The maximum absolute atomic E-state index is 5.70. The smallest absolute Gasteiger partial charge is 0.191 e. The molecule has 0 fully saturated rings. The molecule has 0 radical (unpaired) electrons. The minimum Gasteiger partial charge on any atom is -0.377 e. The highest BCUT2D eigenvalue weighted by Gasteiger charge is 2.22. The summed E-state index contributed by atoms with van der Waals surface area (Å²) < 4.78 is 12.8. The van der Waals surface area contributed by atoms with Gasteiger partial charge in [0.05, 0.1) is 19.3 Å². The average Bonchev–Trinajstić information content (AvgIpc) is 3.11. The molecule has 8 nitrogen and oxygen atoms in total. The fraction of sp³-hybridized carbons (Fsp3) is 0.571. The molecule has 2 aromatic rings. The van der Waals surface area contributed by atoms with Gasteiger partial charge < -0.3 is 20.1 Å². The number of aliphatic imine (C=N–C) groups is 1. The van der Waals surface area contributed by atoms with Crippen LogP contribution in [0, 0.1) is 0 Å². The van der Waals surface area contributed by atoms with E-state index in [0.29, 0.717) is 19.8 Å². The van der Waals surface area contributed by atoms with E-state index >= 15 is 0 Å². The van der Waals surface area contributed by atoms with E-state index in [0.717, 1.165) is 37.0 Å². The number of aromatic nitrogens is 3. The van der Waals surface area contributed by atoms with Gasteiger partial charge in [-0.3, -0.25) is 4.99 Å². The maximum Gasteiger partial charge on any atom is 0.191 e. The predicted octanol–water partition coefficient (Wildman–Crippen LogP) is 2.03. The molecule has 158 valence electrons. The Bertz CT molecular complexity index is 817. The lowest BCUT2D eigenvalue weighted by Gasteiger charge is -2.25. The van der Waals surface area contributed by atoms with Gasteiger partial charge in [0.2, 0.25) is 0 Å². The zero-order valence-electron chi connectivity index (χ0n) is 17.8. The van der Waals surface area contributed by atoms with Crippen LogP contribution in [0.1, 0.15) is 43.0 Å². The number of hydrogen-bond acceptors (Lipinski definition) is 5. The Morgan fingerprint density at radius 3 is 2.90 bits per heavy atom. The van der Waals surface area contributed by atoms with Crippen molar-refractivity contribution in [3.8, 4) is 0 Å². The van der Waals surface area contributed by atoms with Gasteiger partial charge in [0.15, 0.2) is 11.8 Å². The molecule has 8 heteroatoms. The molecule has 0 aliphatic carbocycles. The van der Waals surface area contributed by atoms with E-state index in [-0.39, 0.29) is 12.1 Å². The van der Waals surface area contributed by atoms with Crippen molar-refractivity contribution in [1.82, 2.24) is 25.4 Å². The highest BCUT2D eigenvalue weighted by molar-refractivity contribution is 5.79. The normalized spacial score (nSPS) is 16.7. The highest BCUT2D eigenvalue weighted by atomic mass is 16.5. The van der Waals surface area contributed by atoms with Crippen LogP contribution in [0.25, 0.3) is 0 Å². The lowest BCUT2D eigenvalue weighted by atomic mass is 10.1. The molecule has 0 saturated carbocycles. The summed E-state index contributed by atoms with van der Waals surface area (Å²) in [5, 5.41) is 11.4. The number of rotatable bonds is 8. The molecule has 0 amide bonds. The number of nitrogens with one attached hydrogen (secondary N) is 2. The molecule has 0 bridgehead atoms. The van der Waals surface area contributed by atoms with E-state index in [4.69, 9.17) is 9.47 Å². The maximum atomic E-state index is 5.70. The Hall–Kier alpha value is -2.45. The first kappa shape index (κ1) is 21.3. The molecule has 29 heavy (non-hydrogen) atoms. The third kappa shape index (κ3) is 6.27. The van der Waals surface area contributed by atoms with Gasteiger partial charge in [0.25, 0.3) is 0 Å². The van der Waals surface area contributed by atoms with Gasteiger partial charge in [-0.05, 0) is 31.4 Å². The SMILES string of the molecule is CN=C(NCc1cccc(COC(C)C)c1)NC1CCc2nc(COC)nn2C1. The number of guanidine groups is 1. The summed E-state index contributed by atoms with van der Waals surface area (Å²) in [6.07, 6.45) is 2.11. The number of fused-ring (bicyclic) bond motifs is 1. The van der Waals surface area contributed by atoms with Gasteiger partial charge >= 0.3 is 0 Å². The fourth-order valence-electron chi connectivity index (χ4n) is 3.33. The van der Waals surface area contributed by atoms with Crippen LogP contribution in [0.3, 0.4) is 0 Å². The fourth-order valence-corrected chi connectivity index (χ4v) is 3.33. The molecule has 3 rings (SSSR count). The minimum atomic E-state index is 0.228. The molecular formula is C21H32N6O2. The van der Waals surface area contributed by atoms with Crippen molar-refractivity contribution in [2.24, 2.45) is 4.99 Å². The summed E-state index contributed by atoms with van der Waals surface area (Å²) in [5.74, 6) is 2.56. The summed E-state index contributed by atoms with van der Waals surface area (Å²) >= 11 is 0. The summed E-state index contributed by atoms with van der Waals surface area (Å²) in [5.41, 5.74) is 2.38. The average molecular weight is 401 g/mol. The number of benzene rings is 1. The quantitative estimate of drug-likeness (QED) is 0.521. The van der Waals surface area contributed by atoms with Crippen LogP contribution in [-0.4, -0.2) is 47.0 Å². The Kier molecular flexibility index (Phi) is 7.60. The van der Waals surface area contributed by atoms with E-state index in [9.17, 15) is 0 Å². The lowest BCUT2D eigenvalue weighted by molar-refractivity contribution is 0.0657. The number of methoxy groups -OCH3 is 1. The molecule has 1 atom stereocenters. The Morgan fingerprint density at radius 1 is 1.31 bits per heavy atom. The zero-order chi connectivity index (χ0) is 20.6. The number of aryl methyl sites for hydroxylation is 1. The largest absolute Gasteiger partial charge is 0.377 e. The molecule has 2 heterocycles. The van der Waals surface area contributed by atoms with Crippen LogP contribution in [0.2, 0.25) is 0 Å². The highest BCUT2D eigenvalue weighted by Crippen LogP contribution is 2.13. The van der Waals surface area contributed by atoms with Crippen molar-refractivity contribution >= 4 is 5.96 Å². The van der Waals surface area contributed by atoms with Crippen LogP contribution in [-0.2, 0) is 42.2 Å². The van der Waals surface area contributed by atoms with Crippen molar-refractivity contribution in [3.05, 3.63) is 47.0 Å². The second-order valence-electron chi connectivity index (χ2n) is 7.54. The van der Waals surface area contributed by atoms with Crippen molar-refractivity contribution in [3.63, 3.8) is 0 Å². The van der Waals surface area contributed by atoms with Crippen molar-refractivity contribution in [1.29, 1.82) is 0 Å². The summed E-state index contributed by atoms with van der Waals surface area (Å²) in [6, 6.07) is 8.70. The van der Waals surface area contributed by atoms with Crippen molar-refractivity contribution in [2.45, 2.75) is 65.1 Å². The van der Waals surface area contributed by atoms with E-state index in [1.165, 1.54) is 11.1 Å². The first-order chi connectivity index (χ1) is 14.1. The van der Waals surface area contributed by atoms with Gasteiger partial charge in [-0.2, -0.15) is 5.10 Å². The van der Waals surface area contributed by atoms with Gasteiger partial charge in [0, 0.05) is 33.2 Å². The summed E-state index contributed by atoms with van der Waals surface area (Å²) in [7, 11) is 3.45. The number of hydrogen-bond donors (Lipinski definition) is 2. The molecule has 1 aromatic heterocycles. The molecule has 1 aliphatic heterocycles. The molecular weight excluding hydrogens is 368 g/mol. The second kappa shape index (κ2) is 10.4. The van der Waals surface area contributed by atoms with Gasteiger partial charge in [-0.25, -0.2) is 9.67 Å². The molecule has 1 unspecified atom stereocenters. The minimum absolute atomic E-state index is 0.228. The summed E-state index contributed by atoms with van der Waals surface area (Å²) in [4.78, 5) is 8.90. The lowest BCUT2D eigenvalue weighted by Crippen LogP contribution is -2.46. The molecule has 0 spiro atoms. The zero-order valence-corrected chi connectivity index (χ0v) is 17.8. The third-order valence-corrected chi connectivity index (χ3v) is 4.77. The molecule has 2 N–H and O–H groups in total. The Balaban J connectivity index is 1.51. The standard InChI is InChI=1S/C21H32N6O2/c1-15(2)29-13-17-7-5-6-16(10-17)11-23-21(22-3)24-18-8-9-20-25-19(14-28-4)26-27(20)12-18/h5-7,10,15,18H,8-9,11-14H2,1-4H3,(H2,22,23,24). The van der Waals surface area contributed by atoms with Crippen molar-refractivity contribution in [2.75, 3.05) is 14.2 Å². The van der Waals surface area contributed by atoms with Gasteiger partial charge in [0.1, 0.15) is 12.4 Å². The van der Waals surface area contributed by atoms with E-state index < -0.39 is 0 Å². The Labute approximate surface area is 172 Å². The Morgan fingerprint density at radius 2 is 2.14 bits per heavy atom. The number of nitrogens with zero attached hydrogens (tertiary/aromatic N) is 4. The van der Waals surface area contributed by atoms with Crippen LogP contribution < -0.4 is 10.6 Å². The third-order valence-electron chi connectivity index (χ3n) is 4.77. The van der Waals surface area contributed by atoms with E-state index in [1.807, 2.05) is 18.5 Å². The van der Waals surface area contributed by atoms with Gasteiger partial charge in [-0.15, -0.1) is 0 Å².